The van der Waals surface area contributed by atoms with Crippen molar-refractivity contribution in [2.75, 3.05) is 0 Å². The minimum absolute atomic E-state index is 0.243. The molecule has 1 aliphatic carbocycles. The van der Waals surface area contributed by atoms with Gasteiger partial charge in [0.05, 0.1) is 5.54 Å². The third-order valence-electron chi connectivity index (χ3n) is 1.80. The molecule has 0 aliphatic heterocycles. The molecule has 0 amide bonds. The summed E-state index contributed by atoms with van der Waals surface area (Å²) >= 11 is 0. The fraction of sp³-hybridized carbons (Fsp3) is 0.714. The molecular formula is C7H11N3. The number of azide groups is 1. The molecule has 0 heterocycles. The molecule has 0 bridgehead atoms. The Morgan fingerprint density at radius 3 is 3.00 bits per heavy atom. The third-order valence-corrected chi connectivity index (χ3v) is 1.80. The Hall–Kier alpha value is -0.950. The smallest absolute Gasteiger partial charge is 0.0640 e. The monoisotopic (exact) mass is 137 g/mol. The first kappa shape index (κ1) is 7.16. The van der Waals surface area contributed by atoms with Crippen molar-refractivity contribution >= 4 is 0 Å². The number of rotatable bonds is 1. The van der Waals surface area contributed by atoms with Gasteiger partial charge in [-0.15, -0.1) is 0 Å². The van der Waals surface area contributed by atoms with Crippen molar-refractivity contribution in [3.05, 3.63) is 22.6 Å². The largest absolute Gasteiger partial charge is 0.0879 e. The molecule has 1 rings (SSSR count). The quantitative estimate of drug-likeness (QED) is 0.231. The molecule has 1 unspecified atom stereocenters. The van der Waals surface area contributed by atoms with Gasteiger partial charge in [-0.3, -0.25) is 0 Å². The molecule has 0 spiro atoms. The second-order valence-electron chi connectivity index (χ2n) is 2.84. The standard InChI is InChI=1S/C7H11N3/c1-7(9-10-8)5-3-2-4-6-7/h3,5H,2,4,6H2,1H3. The Labute approximate surface area is 60.4 Å². The minimum atomic E-state index is -0.243. The summed E-state index contributed by atoms with van der Waals surface area (Å²) in [6.07, 6.45) is 7.31. The molecule has 0 saturated carbocycles. The Bertz CT molecular complexity index is 191. The second-order valence-corrected chi connectivity index (χ2v) is 2.84. The van der Waals surface area contributed by atoms with Gasteiger partial charge in [-0.2, -0.15) is 0 Å². The molecule has 10 heavy (non-hydrogen) atoms. The van der Waals surface area contributed by atoms with Gasteiger partial charge in [0.2, 0.25) is 0 Å². The highest BCUT2D eigenvalue weighted by Gasteiger charge is 2.20. The summed E-state index contributed by atoms with van der Waals surface area (Å²) in [5.41, 5.74) is 7.97. The topological polar surface area (TPSA) is 48.8 Å². The maximum atomic E-state index is 8.21. The second kappa shape index (κ2) is 2.76. The van der Waals surface area contributed by atoms with E-state index in [2.05, 4.69) is 16.1 Å². The molecular weight excluding hydrogens is 126 g/mol. The Morgan fingerprint density at radius 2 is 2.50 bits per heavy atom. The van der Waals surface area contributed by atoms with Crippen LogP contribution in [0.3, 0.4) is 0 Å². The fourth-order valence-corrected chi connectivity index (χ4v) is 1.18. The van der Waals surface area contributed by atoms with Crippen LogP contribution in [-0.2, 0) is 0 Å². The number of allylic oxidation sites excluding steroid dienone is 1. The van der Waals surface area contributed by atoms with E-state index >= 15 is 0 Å². The normalized spacial score (nSPS) is 31.3. The average Bonchev–Trinajstić information content (AvgIpc) is 1.89. The average molecular weight is 137 g/mol. The van der Waals surface area contributed by atoms with E-state index in [9.17, 15) is 0 Å². The van der Waals surface area contributed by atoms with Crippen molar-refractivity contribution < 1.29 is 0 Å². The lowest BCUT2D eigenvalue weighted by atomic mass is 9.91. The maximum absolute atomic E-state index is 8.21. The summed E-state index contributed by atoms with van der Waals surface area (Å²) in [4.78, 5) is 2.80. The summed E-state index contributed by atoms with van der Waals surface area (Å²) in [5.74, 6) is 0. The first-order valence-electron chi connectivity index (χ1n) is 3.51. The van der Waals surface area contributed by atoms with Crippen LogP contribution in [0, 0.1) is 0 Å². The van der Waals surface area contributed by atoms with Gasteiger partial charge in [0.25, 0.3) is 0 Å². The molecule has 0 aromatic rings. The van der Waals surface area contributed by atoms with Crippen molar-refractivity contribution in [2.45, 2.75) is 31.7 Å². The molecule has 0 aromatic carbocycles. The summed E-state index contributed by atoms with van der Waals surface area (Å²) in [7, 11) is 0. The molecule has 0 saturated heterocycles. The van der Waals surface area contributed by atoms with Gasteiger partial charge in [-0.1, -0.05) is 24.2 Å². The van der Waals surface area contributed by atoms with Gasteiger partial charge in [-0.05, 0) is 24.8 Å². The highest BCUT2D eigenvalue weighted by Crippen LogP contribution is 2.25. The molecule has 1 atom stereocenters. The summed E-state index contributed by atoms with van der Waals surface area (Å²) in [6, 6.07) is 0. The van der Waals surface area contributed by atoms with Gasteiger partial charge in [0.1, 0.15) is 0 Å². The molecule has 0 fully saturated rings. The highest BCUT2D eigenvalue weighted by molar-refractivity contribution is 5.07. The number of hydrogen-bond donors (Lipinski definition) is 0. The van der Waals surface area contributed by atoms with E-state index < -0.39 is 0 Å². The predicted molar refractivity (Wildman–Crippen MR) is 40.5 cm³/mol. The summed E-state index contributed by atoms with van der Waals surface area (Å²) in [6.45, 7) is 1.96. The number of hydrogen-bond acceptors (Lipinski definition) is 1. The minimum Gasteiger partial charge on any atom is -0.0879 e. The van der Waals surface area contributed by atoms with Crippen LogP contribution < -0.4 is 0 Å². The van der Waals surface area contributed by atoms with Crippen LogP contribution in [0.1, 0.15) is 26.2 Å². The van der Waals surface area contributed by atoms with Crippen molar-refractivity contribution in [1.82, 2.24) is 0 Å². The van der Waals surface area contributed by atoms with E-state index in [0.717, 1.165) is 19.3 Å². The molecule has 3 nitrogen and oxygen atoms in total. The van der Waals surface area contributed by atoms with E-state index in [0.29, 0.717) is 0 Å². The maximum Gasteiger partial charge on any atom is 0.0640 e. The van der Waals surface area contributed by atoms with Crippen LogP contribution in [-0.4, -0.2) is 5.54 Å². The molecule has 0 aromatic heterocycles. The van der Waals surface area contributed by atoms with Crippen LogP contribution in [0.15, 0.2) is 17.3 Å². The van der Waals surface area contributed by atoms with Crippen molar-refractivity contribution in [1.29, 1.82) is 0 Å². The lowest BCUT2D eigenvalue weighted by Crippen LogP contribution is -2.19. The van der Waals surface area contributed by atoms with Crippen LogP contribution >= 0.6 is 0 Å². The Kier molecular flexibility index (Phi) is 1.97. The number of nitrogens with zero attached hydrogens (tertiary/aromatic N) is 3. The molecule has 0 N–H and O–H groups in total. The van der Waals surface area contributed by atoms with E-state index in [1.54, 1.807) is 0 Å². The zero-order valence-corrected chi connectivity index (χ0v) is 6.12. The van der Waals surface area contributed by atoms with Gasteiger partial charge >= 0.3 is 0 Å². The summed E-state index contributed by atoms with van der Waals surface area (Å²) in [5, 5.41) is 3.71. The summed E-state index contributed by atoms with van der Waals surface area (Å²) < 4.78 is 0. The Morgan fingerprint density at radius 1 is 1.70 bits per heavy atom. The molecule has 0 radical (unpaired) electrons. The molecule has 3 heteroatoms. The Balaban J connectivity index is 2.74. The predicted octanol–water partition coefficient (Wildman–Crippen LogP) is 2.80. The van der Waals surface area contributed by atoms with Gasteiger partial charge in [0, 0.05) is 4.91 Å². The van der Waals surface area contributed by atoms with Crippen LogP contribution in [0.5, 0.6) is 0 Å². The SMILES string of the molecule is CC1(N=[N+]=[N-])C=CCCC1. The van der Waals surface area contributed by atoms with Gasteiger partial charge in [0.15, 0.2) is 0 Å². The highest BCUT2D eigenvalue weighted by atomic mass is 15.2. The van der Waals surface area contributed by atoms with Crippen molar-refractivity contribution in [3.63, 3.8) is 0 Å². The first-order valence-corrected chi connectivity index (χ1v) is 3.51. The lowest BCUT2D eigenvalue weighted by Gasteiger charge is -2.22. The van der Waals surface area contributed by atoms with Crippen molar-refractivity contribution in [2.24, 2.45) is 5.11 Å². The molecule has 1 aliphatic rings. The zero-order chi connectivity index (χ0) is 7.45. The first-order chi connectivity index (χ1) is 4.77. The van der Waals surface area contributed by atoms with E-state index in [-0.39, 0.29) is 5.54 Å². The van der Waals surface area contributed by atoms with Crippen molar-refractivity contribution in [3.8, 4) is 0 Å². The van der Waals surface area contributed by atoms with Crippen LogP contribution in [0.4, 0.5) is 0 Å². The van der Waals surface area contributed by atoms with Crippen LogP contribution in [0.25, 0.3) is 10.4 Å². The van der Waals surface area contributed by atoms with Crippen LogP contribution in [0.2, 0.25) is 0 Å². The van der Waals surface area contributed by atoms with Gasteiger partial charge in [-0.25, -0.2) is 0 Å². The zero-order valence-electron chi connectivity index (χ0n) is 6.12. The third kappa shape index (κ3) is 1.52. The molecule has 54 valence electrons. The van der Waals surface area contributed by atoms with E-state index in [4.69, 9.17) is 5.53 Å². The van der Waals surface area contributed by atoms with Gasteiger partial charge < -0.3 is 0 Å². The van der Waals surface area contributed by atoms with E-state index in [1.807, 2.05) is 13.0 Å². The van der Waals surface area contributed by atoms with E-state index in [1.165, 1.54) is 0 Å². The lowest BCUT2D eigenvalue weighted by molar-refractivity contribution is 0.490. The fourth-order valence-electron chi connectivity index (χ4n) is 1.18.